The molecule has 0 unspecified atom stereocenters. The fourth-order valence-electron chi connectivity index (χ4n) is 7.02. The summed E-state index contributed by atoms with van der Waals surface area (Å²) in [5.41, 5.74) is 0.0403. The summed E-state index contributed by atoms with van der Waals surface area (Å²) in [6.45, 7) is 8.84. The van der Waals surface area contributed by atoms with Crippen molar-refractivity contribution in [3.8, 4) is 0 Å². The number of carbonyl (C=O) groups excluding carboxylic acids is 1. The molecule has 7 atom stereocenters. The number of ether oxygens (including phenoxy) is 2. The zero-order valence-electron chi connectivity index (χ0n) is 16.2. The quantitative estimate of drug-likeness (QED) is 0.774. The lowest BCUT2D eigenvalue weighted by atomic mass is 9.42. The van der Waals surface area contributed by atoms with Gasteiger partial charge in [-0.25, -0.2) is 4.79 Å². The van der Waals surface area contributed by atoms with Crippen LogP contribution in [0.4, 0.5) is 0 Å². The van der Waals surface area contributed by atoms with Gasteiger partial charge in [0.1, 0.15) is 0 Å². The Morgan fingerprint density at radius 2 is 2.08 bits per heavy atom. The van der Waals surface area contributed by atoms with E-state index in [1.165, 1.54) is 13.5 Å². The Hall–Kier alpha value is -0.870. The predicted octanol–water partition coefficient (Wildman–Crippen LogP) is 3.68. The summed E-state index contributed by atoms with van der Waals surface area (Å²) in [5.74, 6) is -0.563. The summed E-state index contributed by atoms with van der Waals surface area (Å²) in [7, 11) is 1.44. The molecule has 0 amide bonds. The summed E-state index contributed by atoms with van der Waals surface area (Å²) in [6.07, 6.45) is 7.24. The van der Waals surface area contributed by atoms with Crippen molar-refractivity contribution in [1.29, 1.82) is 0 Å². The standard InChI is InChI=1S/C21H32O4/c1-12(2)15-8-9-19(4)16-7-6-13(3)10-20(16)11-14(18(22)24-5)17(19)21(15,23)25-20/h11-13,15-17,23H,6-10H2,1-5H3/t13-,15+,16+,17-,19+,20+,21+/m0/s1. The van der Waals surface area contributed by atoms with Crippen molar-refractivity contribution in [3.63, 3.8) is 0 Å². The number of carbonyl (C=O) groups is 1. The highest BCUT2D eigenvalue weighted by atomic mass is 16.6. The van der Waals surface area contributed by atoms with Crippen molar-refractivity contribution in [3.05, 3.63) is 11.6 Å². The lowest BCUT2D eigenvalue weighted by molar-refractivity contribution is -0.404. The van der Waals surface area contributed by atoms with Crippen LogP contribution in [0.1, 0.15) is 59.8 Å². The van der Waals surface area contributed by atoms with Gasteiger partial charge in [0, 0.05) is 11.5 Å². The minimum Gasteiger partial charge on any atom is -0.466 e. The Labute approximate surface area is 151 Å². The second kappa shape index (κ2) is 5.32. The molecule has 25 heavy (non-hydrogen) atoms. The predicted molar refractivity (Wildman–Crippen MR) is 94.5 cm³/mol. The maximum atomic E-state index is 12.6. The molecule has 3 fully saturated rings. The van der Waals surface area contributed by atoms with E-state index in [-0.39, 0.29) is 23.2 Å². The number of rotatable bonds is 2. The molecule has 2 saturated carbocycles. The molecule has 4 bridgehead atoms. The largest absolute Gasteiger partial charge is 0.466 e. The average Bonchev–Trinajstić information content (AvgIpc) is 2.51. The zero-order chi connectivity index (χ0) is 18.2. The first-order valence-corrected chi connectivity index (χ1v) is 9.91. The van der Waals surface area contributed by atoms with E-state index < -0.39 is 11.4 Å². The van der Waals surface area contributed by atoms with Crippen LogP contribution in [-0.4, -0.2) is 29.6 Å². The highest BCUT2D eigenvalue weighted by Crippen LogP contribution is 2.70. The van der Waals surface area contributed by atoms with E-state index >= 15 is 0 Å². The number of hydrogen-bond donors (Lipinski definition) is 1. The molecular formula is C21H32O4. The van der Waals surface area contributed by atoms with E-state index in [1.54, 1.807) is 0 Å². The maximum Gasteiger partial charge on any atom is 0.334 e. The Morgan fingerprint density at radius 1 is 1.36 bits per heavy atom. The maximum absolute atomic E-state index is 12.6. The van der Waals surface area contributed by atoms with Gasteiger partial charge < -0.3 is 14.6 Å². The van der Waals surface area contributed by atoms with Gasteiger partial charge in [-0.15, -0.1) is 0 Å². The van der Waals surface area contributed by atoms with Gasteiger partial charge in [-0.3, -0.25) is 0 Å². The summed E-state index contributed by atoms with van der Waals surface area (Å²) in [6, 6.07) is 0. The molecule has 2 heterocycles. The lowest BCUT2D eigenvalue weighted by Crippen LogP contribution is -2.75. The van der Waals surface area contributed by atoms with Crippen molar-refractivity contribution in [2.45, 2.75) is 71.2 Å². The minimum absolute atomic E-state index is 0.0500. The molecule has 4 nitrogen and oxygen atoms in total. The molecule has 3 aliphatic carbocycles. The van der Waals surface area contributed by atoms with Gasteiger partial charge in [0.05, 0.1) is 18.6 Å². The number of methoxy groups -OCH3 is 1. The number of aliphatic hydroxyl groups is 1. The van der Waals surface area contributed by atoms with Gasteiger partial charge in [0.15, 0.2) is 5.79 Å². The molecule has 1 N–H and O–H groups in total. The van der Waals surface area contributed by atoms with Gasteiger partial charge >= 0.3 is 5.97 Å². The summed E-state index contributed by atoms with van der Waals surface area (Å²) in [4.78, 5) is 12.6. The highest BCUT2D eigenvalue weighted by molar-refractivity contribution is 5.90. The molecule has 0 aromatic carbocycles. The second-order valence-electron chi connectivity index (χ2n) is 9.67. The van der Waals surface area contributed by atoms with E-state index in [4.69, 9.17) is 9.47 Å². The zero-order valence-corrected chi connectivity index (χ0v) is 16.2. The van der Waals surface area contributed by atoms with Crippen LogP contribution in [-0.2, 0) is 14.3 Å². The van der Waals surface area contributed by atoms with Crippen molar-refractivity contribution in [1.82, 2.24) is 0 Å². The van der Waals surface area contributed by atoms with Gasteiger partial charge in [0.2, 0.25) is 0 Å². The van der Waals surface area contributed by atoms with E-state index in [2.05, 4.69) is 27.7 Å². The van der Waals surface area contributed by atoms with Gasteiger partial charge in [-0.1, -0.05) is 34.1 Å². The Balaban J connectivity index is 1.92. The molecular weight excluding hydrogens is 316 g/mol. The van der Waals surface area contributed by atoms with E-state index in [1.807, 2.05) is 6.08 Å². The van der Waals surface area contributed by atoms with Gasteiger partial charge in [-0.05, 0) is 54.9 Å². The lowest BCUT2D eigenvalue weighted by Gasteiger charge is -2.71. The van der Waals surface area contributed by atoms with Crippen LogP contribution >= 0.6 is 0 Å². The van der Waals surface area contributed by atoms with Crippen LogP contribution in [0.5, 0.6) is 0 Å². The minimum atomic E-state index is -1.26. The van der Waals surface area contributed by atoms with Crippen LogP contribution in [0.15, 0.2) is 11.6 Å². The molecule has 5 aliphatic rings. The first kappa shape index (κ1) is 17.5. The topological polar surface area (TPSA) is 55.8 Å². The van der Waals surface area contributed by atoms with Crippen molar-refractivity contribution < 1.29 is 19.4 Å². The molecule has 4 heteroatoms. The first-order valence-electron chi connectivity index (χ1n) is 9.91. The van der Waals surface area contributed by atoms with Gasteiger partial charge in [-0.2, -0.15) is 0 Å². The highest BCUT2D eigenvalue weighted by Gasteiger charge is 2.73. The molecule has 5 rings (SSSR count). The van der Waals surface area contributed by atoms with Crippen LogP contribution in [0.3, 0.4) is 0 Å². The van der Waals surface area contributed by atoms with E-state index in [9.17, 15) is 9.90 Å². The fourth-order valence-corrected chi connectivity index (χ4v) is 7.02. The number of esters is 1. The normalized spacial score (nSPS) is 51.1. The molecule has 2 aliphatic heterocycles. The van der Waals surface area contributed by atoms with Crippen LogP contribution < -0.4 is 0 Å². The Morgan fingerprint density at radius 3 is 2.72 bits per heavy atom. The fraction of sp³-hybridized carbons (Fsp3) is 0.857. The van der Waals surface area contributed by atoms with Crippen LogP contribution in [0, 0.1) is 35.0 Å². The smallest absolute Gasteiger partial charge is 0.334 e. The number of hydrogen-bond acceptors (Lipinski definition) is 4. The third-order valence-electron chi connectivity index (χ3n) is 7.89. The molecule has 0 radical (unpaired) electrons. The van der Waals surface area contributed by atoms with Crippen molar-refractivity contribution >= 4 is 5.97 Å². The summed E-state index contributed by atoms with van der Waals surface area (Å²) in [5, 5.41) is 11.9. The van der Waals surface area contributed by atoms with Crippen LogP contribution in [0.25, 0.3) is 0 Å². The first-order chi connectivity index (χ1) is 11.7. The van der Waals surface area contributed by atoms with E-state index in [0.717, 1.165) is 25.7 Å². The Bertz CT molecular complexity index is 625. The molecule has 1 spiro atoms. The molecule has 140 valence electrons. The van der Waals surface area contributed by atoms with Crippen LogP contribution in [0.2, 0.25) is 0 Å². The molecule has 0 aromatic rings. The Kier molecular flexibility index (Phi) is 3.73. The summed E-state index contributed by atoms with van der Waals surface area (Å²) >= 11 is 0. The molecule has 1 saturated heterocycles. The van der Waals surface area contributed by atoms with E-state index in [0.29, 0.717) is 23.3 Å². The second-order valence-corrected chi connectivity index (χ2v) is 9.67. The third kappa shape index (κ3) is 2.10. The SMILES string of the molecule is COC(=O)C1=C[C@]23C[C@@H](C)CC[C@@H]2[C@@]2(C)CC[C@H](C(C)C)[C@@](O)(O3)[C@@H]12. The monoisotopic (exact) mass is 348 g/mol. The third-order valence-corrected chi connectivity index (χ3v) is 7.89. The van der Waals surface area contributed by atoms with Crippen molar-refractivity contribution in [2.24, 2.45) is 35.0 Å². The van der Waals surface area contributed by atoms with Crippen molar-refractivity contribution in [2.75, 3.05) is 7.11 Å². The van der Waals surface area contributed by atoms with Gasteiger partial charge in [0.25, 0.3) is 0 Å². The molecule has 0 aromatic heterocycles. The summed E-state index contributed by atoms with van der Waals surface area (Å²) < 4.78 is 11.8. The average molecular weight is 348 g/mol.